The van der Waals surface area contributed by atoms with E-state index in [4.69, 9.17) is 27.9 Å². The van der Waals surface area contributed by atoms with Gasteiger partial charge in [0.15, 0.2) is 16.4 Å². The fraction of sp³-hybridized carbons (Fsp3) is 0.143. The number of esters is 1. The van der Waals surface area contributed by atoms with Crippen LogP contribution in [0, 0.1) is 0 Å². The van der Waals surface area contributed by atoms with E-state index in [1.54, 1.807) is 6.07 Å². The molecule has 6 nitrogen and oxygen atoms in total. The highest BCUT2D eigenvalue weighted by Crippen LogP contribution is 2.25. The predicted octanol–water partition coefficient (Wildman–Crippen LogP) is 3.25. The maximum atomic E-state index is 11.8. The second-order valence-electron chi connectivity index (χ2n) is 4.64. The van der Waals surface area contributed by atoms with Crippen LogP contribution in [0.3, 0.4) is 0 Å². The van der Waals surface area contributed by atoms with Crippen LogP contribution in [-0.4, -0.2) is 33.2 Å². The fourth-order valence-electron chi connectivity index (χ4n) is 1.64. The molecular weight excluding hydrogens is 397 g/mol. The van der Waals surface area contributed by atoms with Gasteiger partial charge in [-0.05, 0) is 30.3 Å². The second-order valence-corrected chi connectivity index (χ2v) is 8.78. The van der Waals surface area contributed by atoms with E-state index in [2.05, 4.69) is 5.32 Å². The maximum Gasteiger partial charge on any atom is 0.348 e. The van der Waals surface area contributed by atoms with Gasteiger partial charge in [0.25, 0.3) is 5.91 Å². The van der Waals surface area contributed by atoms with Gasteiger partial charge in [-0.3, -0.25) is 4.79 Å². The molecule has 1 N–H and O–H groups in total. The minimum Gasteiger partial charge on any atom is -0.451 e. The first kappa shape index (κ1) is 18.7. The van der Waals surface area contributed by atoms with Crippen molar-refractivity contribution in [3.8, 4) is 0 Å². The van der Waals surface area contributed by atoms with Gasteiger partial charge in [0.2, 0.25) is 0 Å². The lowest BCUT2D eigenvalue weighted by Gasteiger charge is -2.09. The summed E-state index contributed by atoms with van der Waals surface area (Å²) in [5.74, 6) is -1.34. The number of thiophene rings is 1. The van der Waals surface area contributed by atoms with Crippen LogP contribution in [0.25, 0.3) is 0 Å². The molecule has 2 rings (SSSR count). The molecule has 24 heavy (non-hydrogen) atoms. The molecule has 1 aromatic carbocycles. The van der Waals surface area contributed by atoms with Crippen molar-refractivity contribution in [2.75, 3.05) is 18.2 Å². The van der Waals surface area contributed by atoms with Gasteiger partial charge in [-0.25, -0.2) is 13.2 Å². The Morgan fingerprint density at radius 1 is 1.21 bits per heavy atom. The van der Waals surface area contributed by atoms with Gasteiger partial charge in [-0.15, -0.1) is 11.3 Å². The summed E-state index contributed by atoms with van der Waals surface area (Å²) in [7, 11) is -3.44. The zero-order valence-corrected chi connectivity index (χ0v) is 15.4. The topological polar surface area (TPSA) is 89.5 Å². The van der Waals surface area contributed by atoms with Crippen LogP contribution in [0.5, 0.6) is 0 Å². The Balaban J connectivity index is 2.01. The van der Waals surface area contributed by atoms with Crippen molar-refractivity contribution < 1.29 is 22.7 Å². The first-order valence-corrected chi connectivity index (χ1v) is 9.85. The molecule has 0 saturated heterocycles. The number of nitrogens with one attached hydrogen (secondary N) is 1. The largest absolute Gasteiger partial charge is 0.451 e. The molecule has 0 aliphatic heterocycles. The molecule has 1 amide bonds. The van der Waals surface area contributed by atoms with E-state index in [9.17, 15) is 18.0 Å². The standard InChI is InChI=1S/C14H11Cl2NO5S2/c1-24(20,21)8-2-3-9(15)10(6-8)17-13(18)7-22-14(19)11-4-5-12(16)23-11/h2-6H,7H2,1H3,(H,17,18). The van der Waals surface area contributed by atoms with Crippen molar-refractivity contribution in [3.05, 3.63) is 44.6 Å². The fourth-order valence-corrected chi connectivity index (χ4v) is 3.39. The molecule has 0 bridgehead atoms. The summed E-state index contributed by atoms with van der Waals surface area (Å²) in [6, 6.07) is 6.94. The number of carbonyl (C=O) groups excluding carboxylic acids is 2. The number of rotatable bonds is 5. The van der Waals surface area contributed by atoms with Crippen LogP contribution in [0.4, 0.5) is 5.69 Å². The highest BCUT2D eigenvalue weighted by Gasteiger charge is 2.15. The number of carbonyl (C=O) groups is 2. The van der Waals surface area contributed by atoms with Crippen molar-refractivity contribution in [3.63, 3.8) is 0 Å². The lowest BCUT2D eigenvalue weighted by Crippen LogP contribution is -2.21. The van der Waals surface area contributed by atoms with E-state index in [0.717, 1.165) is 17.6 Å². The number of anilines is 1. The monoisotopic (exact) mass is 407 g/mol. The average molecular weight is 408 g/mol. The van der Waals surface area contributed by atoms with Crippen molar-refractivity contribution in [2.24, 2.45) is 0 Å². The van der Waals surface area contributed by atoms with E-state index in [-0.39, 0.29) is 20.5 Å². The Morgan fingerprint density at radius 2 is 1.92 bits per heavy atom. The molecule has 1 aromatic heterocycles. The normalized spacial score (nSPS) is 11.1. The van der Waals surface area contributed by atoms with Crippen LogP contribution >= 0.6 is 34.5 Å². The minimum absolute atomic E-state index is 0.00687. The first-order valence-electron chi connectivity index (χ1n) is 6.39. The van der Waals surface area contributed by atoms with Gasteiger partial charge in [0, 0.05) is 6.26 Å². The third-order valence-electron chi connectivity index (χ3n) is 2.75. The first-order chi connectivity index (χ1) is 11.2. The molecule has 0 aliphatic carbocycles. The van der Waals surface area contributed by atoms with Gasteiger partial charge in [0.05, 0.1) is 19.9 Å². The molecule has 0 radical (unpaired) electrons. The Labute approximate surface area is 152 Å². The molecule has 10 heteroatoms. The van der Waals surface area contributed by atoms with Crippen molar-refractivity contribution in [1.82, 2.24) is 0 Å². The highest BCUT2D eigenvalue weighted by molar-refractivity contribution is 7.90. The molecule has 0 spiro atoms. The molecule has 2 aromatic rings. The molecule has 128 valence electrons. The zero-order valence-electron chi connectivity index (χ0n) is 12.2. The number of halogens is 2. The summed E-state index contributed by atoms with van der Waals surface area (Å²) in [6.45, 7) is -0.548. The summed E-state index contributed by atoms with van der Waals surface area (Å²) < 4.78 is 28.3. The molecule has 0 saturated carbocycles. The number of hydrogen-bond donors (Lipinski definition) is 1. The van der Waals surface area contributed by atoms with Gasteiger partial charge in [-0.1, -0.05) is 23.2 Å². The summed E-state index contributed by atoms with van der Waals surface area (Å²) in [5.41, 5.74) is 0.111. The Bertz CT molecular complexity index is 892. The molecule has 0 unspecified atom stereocenters. The van der Waals surface area contributed by atoms with Gasteiger partial charge in [0.1, 0.15) is 4.88 Å². The summed E-state index contributed by atoms with van der Waals surface area (Å²) >= 11 is 12.7. The van der Waals surface area contributed by atoms with Crippen LogP contribution in [0.2, 0.25) is 9.36 Å². The average Bonchev–Trinajstić information content (AvgIpc) is 2.92. The van der Waals surface area contributed by atoms with E-state index in [1.807, 2.05) is 0 Å². The van der Waals surface area contributed by atoms with Crippen molar-refractivity contribution in [1.29, 1.82) is 0 Å². The number of amides is 1. The highest BCUT2D eigenvalue weighted by atomic mass is 35.5. The van der Waals surface area contributed by atoms with Crippen molar-refractivity contribution in [2.45, 2.75) is 4.90 Å². The Hall–Kier alpha value is -1.61. The quantitative estimate of drug-likeness (QED) is 0.768. The van der Waals surface area contributed by atoms with Crippen molar-refractivity contribution >= 4 is 61.9 Å². The molecule has 1 heterocycles. The number of hydrogen-bond acceptors (Lipinski definition) is 6. The van der Waals surface area contributed by atoms with Crippen LogP contribution in [0.1, 0.15) is 9.67 Å². The lowest BCUT2D eigenvalue weighted by molar-refractivity contribution is -0.119. The molecule has 0 aliphatic rings. The summed E-state index contributed by atoms with van der Waals surface area (Å²) in [6.07, 6.45) is 1.04. The molecular formula is C14H11Cl2NO5S2. The second kappa shape index (κ2) is 7.52. The number of sulfone groups is 1. The van der Waals surface area contributed by atoms with E-state index >= 15 is 0 Å². The van der Waals surface area contributed by atoms with E-state index in [1.165, 1.54) is 24.3 Å². The summed E-state index contributed by atoms with van der Waals surface area (Å²) in [5, 5.41) is 2.56. The Morgan fingerprint density at radius 3 is 2.50 bits per heavy atom. The van der Waals surface area contributed by atoms with Crippen LogP contribution < -0.4 is 5.32 Å². The van der Waals surface area contributed by atoms with Gasteiger partial charge < -0.3 is 10.1 Å². The number of ether oxygens (including phenoxy) is 1. The Kier molecular flexibility index (Phi) is 5.87. The van der Waals surface area contributed by atoms with E-state index < -0.39 is 28.3 Å². The lowest BCUT2D eigenvalue weighted by atomic mass is 10.3. The zero-order chi connectivity index (χ0) is 17.9. The van der Waals surface area contributed by atoms with Crippen LogP contribution in [-0.2, 0) is 19.4 Å². The maximum absolute atomic E-state index is 11.8. The predicted molar refractivity (Wildman–Crippen MR) is 92.8 cm³/mol. The third kappa shape index (κ3) is 4.94. The van der Waals surface area contributed by atoms with Gasteiger partial charge >= 0.3 is 5.97 Å². The third-order valence-corrected chi connectivity index (χ3v) is 5.40. The van der Waals surface area contributed by atoms with Gasteiger partial charge in [-0.2, -0.15) is 0 Å². The SMILES string of the molecule is CS(=O)(=O)c1ccc(Cl)c(NC(=O)COC(=O)c2ccc(Cl)s2)c1. The van der Waals surface area contributed by atoms with Crippen LogP contribution in [0.15, 0.2) is 35.2 Å². The molecule has 0 fully saturated rings. The van der Waals surface area contributed by atoms with E-state index in [0.29, 0.717) is 4.34 Å². The number of benzene rings is 1. The molecule has 0 atom stereocenters. The summed E-state index contributed by atoms with van der Waals surface area (Å²) in [4.78, 5) is 23.8. The smallest absolute Gasteiger partial charge is 0.348 e. The minimum atomic E-state index is -3.44.